The Morgan fingerprint density at radius 1 is 0.506 bits per heavy atom. The number of fused-ring (bicyclic) bond motifs is 10. The predicted molar refractivity (Wildman–Crippen MR) is 264 cm³/mol. The van der Waals surface area contributed by atoms with Crippen LogP contribution in [0.15, 0.2) is 24.3 Å². The molecule has 12 bridgehead atoms. The molecule has 4 unspecified atom stereocenters. The minimum absolute atomic E-state index is 0.0227. The Labute approximate surface area is 450 Å². The lowest BCUT2D eigenvalue weighted by Gasteiger charge is -2.54. The van der Waals surface area contributed by atoms with Crippen molar-refractivity contribution in [3.63, 3.8) is 0 Å². The van der Waals surface area contributed by atoms with Gasteiger partial charge in [0.2, 0.25) is 11.6 Å². The van der Waals surface area contributed by atoms with Gasteiger partial charge in [0.15, 0.2) is 17.7 Å². The molecule has 0 saturated carbocycles. The maximum atomic E-state index is 14.6. The summed E-state index contributed by atoms with van der Waals surface area (Å²) in [5.41, 5.74) is 2.02. The maximum Gasteiger partial charge on any atom is 0.308 e. The number of hydrogen-bond donors (Lipinski definition) is 3. The van der Waals surface area contributed by atoms with E-state index in [4.69, 9.17) is 71.1 Å². The highest BCUT2D eigenvalue weighted by Gasteiger charge is 2.79. The second-order valence-corrected chi connectivity index (χ2v) is 26.9. The lowest BCUT2D eigenvalue weighted by atomic mass is 9.78. The molecule has 0 aromatic carbocycles. The molecule has 428 valence electrons. The standard InChI is InChI=1S/C58H82O19/c1-24-14-31-8-10-35-25(2)15-33(64-35)12-13-57-54(61)58(62)53(77-57)52-51(76-58)50(75-57)49-36(68-52)11-9-32(66-49)16-44(60)70-48-29(6)47-40(67-39(48)18-37(65-31)28(24)5)19-38-42(69-47)22-56(71-38)23-43-46(74-56)27(4)21-55(73-43)20-26(3)45-41(72-55)17-34(59)30(7)63-45/h24,26-27,29-43,45-54,59,61-62H,2,5,8-23H2,1,3-4,6-7H3/t24-,26+,27+,29+,30-,31+,32-,33+,34-,35+,36+,37?,38-,39+,40+,41+,42-,43+,45?,46+,47+,48-,49+,50+,51?,52?,53+,54+,55-,56+,57-,58-/m1/s1. The molecule has 16 fully saturated rings. The van der Waals surface area contributed by atoms with Gasteiger partial charge in [0, 0.05) is 57.3 Å². The van der Waals surface area contributed by atoms with Crippen LogP contribution < -0.4 is 0 Å². The molecule has 0 aromatic rings. The first-order valence-electron chi connectivity index (χ1n) is 29.8. The van der Waals surface area contributed by atoms with Crippen molar-refractivity contribution in [1.29, 1.82) is 0 Å². The maximum absolute atomic E-state index is 14.6. The van der Waals surface area contributed by atoms with Crippen LogP contribution in [-0.4, -0.2) is 191 Å². The van der Waals surface area contributed by atoms with Gasteiger partial charge in [-0.2, -0.15) is 0 Å². The number of hydrogen-bond acceptors (Lipinski definition) is 19. The third-order valence-electron chi connectivity index (χ3n) is 21.6. The van der Waals surface area contributed by atoms with E-state index >= 15 is 0 Å². The number of ether oxygens (including phenoxy) is 15. The van der Waals surface area contributed by atoms with E-state index in [2.05, 4.69) is 40.9 Å². The molecular weight excluding hydrogens is 1000 g/mol. The molecule has 19 heteroatoms. The molecule has 3 spiro atoms. The highest BCUT2D eigenvalue weighted by atomic mass is 16.8. The van der Waals surface area contributed by atoms with E-state index in [1.807, 2.05) is 6.92 Å². The first-order chi connectivity index (χ1) is 36.8. The summed E-state index contributed by atoms with van der Waals surface area (Å²) in [6.07, 6.45) is -2.42. The van der Waals surface area contributed by atoms with Crippen molar-refractivity contribution in [2.24, 2.45) is 23.7 Å². The topological polar surface area (TPSA) is 216 Å². The van der Waals surface area contributed by atoms with E-state index in [0.29, 0.717) is 70.6 Å². The van der Waals surface area contributed by atoms with Gasteiger partial charge in [-0.15, -0.1) is 0 Å². The fourth-order valence-corrected chi connectivity index (χ4v) is 17.8. The molecule has 3 N–H and O–H groups in total. The fourth-order valence-electron chi connectivity index (χ4n) is 17.8. The molecule has 0 radical (unpaired) electrons. The average molecular weight is 1080 g/mol. The largest absolute Gasteiger partial charge is 0.459 e. The summed E-state index contributed by atoms with van der Waals surface area (Å²) in [5, 5.41) is 34.5. The van der Waals surface area contributed by atoms with Gasteiger partial charge < -0.3 is 86.4 Å². The minimum atomic E-state index is -2.02. The zero-order valence-electron chi connectivity index (χ0n) is 45.3. The monoisotopic (exact) mass is 1080 g/mol. The summed E-state index contributed by atoms with van der Waals surface area (Å²) >= 11 is 0. The van der Waals surface area contributed by atoms with Crippen molar-refractivity contribution >= 4 is 5.97 Å². The van der Waals surface area contributed by atoms with E-state index < -0.39 is 102 Å². The van der Waals surface area contributed by atoms with Gasteiger partial charge in [-0.3, -0.25) is 4.79 Å². The van der Waals surface area contributed by atoms with Crippen LogP contribution in [0.4, 0.5) is 0 Å². The van der Waals surface area contributed by atoms with Gasteiger partial charge >= 0.3 is 5.97 Å². The van der Waals surface area contributed by atoms with Crippen molar-refractivity contribution < 1.29 is 91.2 Å². The first-order valence-corrected chi connectivity index (χ1v) is 29.8. The minimum Gasteiger partial charge on any atom is -0.459 e. The molecule has 0 amide bonds. The fraction of sp³-hybridized carbons (Fsp3) is 0.914. The van der Waals surface area contributed by atoms with Crippen LogP contribution in [-0.2, 0) is 75.8 Å². The molecule has 16 heterocycles. The van der Waals surface area contributed by atoms with Crippen LogP contribution >= 0.6 is 0 Å². The first kappa shape index (κ1) is 52.1. The van der Waals surface area contributed by atoms with Gasteiger partial charge in [0.25, 0.3) is 0 Å². The van der Waals surface area contributed by atoms with Crippen molar-refractivity contribution in [2.75, 3.05) is 0 Å². The molecule has 77 heavy (non-hydrogen) atoms. The summed E-state index contributed by atoms with van der Waals surface area (Å²) in [5.74, 6) is -5.50. The molecule has 0 aromatic heterocycles. The lowest BCUT2D eigenvalue weighted by molar-refractivity contribution is -0.370. The molecule has 16 saturated heterocycles. The quantitative estimate of drug-likeness (QED) is 0.225. The molecular formula is C58H82O19. The van der Waals surface area contributed by atoms with Crippen LogP contribution in [0.1, 0.15) is 137 Å². The summed E-state index contributed by atoms with van der Waals surface area (Å²) in [7, 11) is 0. The Hall–Kier alpha value is -1.73. The number of rotatable bonds is 0. The molecule has 32 atom stereocenters. The Morgan fingerprint density at radius 3 is 2.05 bits per heavy atom. The predicted octanol–water partition coefficient (Wildman–Crippen LogP) is 4.49. The van der Waals surface area contributed by atoms with Gasteiger partial charge in [0.1, 0.15) is 36.6 Å². The third kappa shape index (κ3) is 8.37. The summed E-state index contributed by atoms with van der Waals surface area (Å²) in [6, 6.07) is 0. The highest BCUT2D eigenvalue weighted by Crippen LogP contribution is 2.59. The lowest BCUT2D eigenvalue weighted by Crippen LogP contribution is -2.63. The number of carbonyl (C=O) groups excluding carboxylic acids is 1. The van der Waals surface area contributed by atoms with Crippen LogP contribution in [0.25, 0.3) is 0 Å². The van der Waals surface area contributed by atoms with E-state index in [1.165, 1.54) is 0 Å². The number of esters is 1. The highest BCUT2D eigenvalue weighted by molar-refractivity contribution is 5.70. The molecule has 0 aliphatic carbocycles. The van der Waals surface area contributed by atoms with Gasteiger partial charge in [0.05, 0.1) is 110 Å². The molecule has 16 aliphatic rings. The summed E-state index contributed by atoms with van der Waals surface area (Å²) in [4.78, 5) is 14.6. The van der Waals surface area contributed by atoms with E-state index in [9.17, 15) is 20.1 Å². The number of carbonyl (C=O) groups is 1. The molecule has 16 rings (SSSR count). The Morgan fingerprint density at radius 2 is 1.21 bits per heavy atom. The zero-order valence-corrected chi connectivity index (χ0v) is 45.3. The third-order valence-corrected chi connectivity index (χ3v) is 21.6. The van der Waals surface area contributed by atoms with Crippen LogP contribution in [0.5, 0.6) is 0 Å². The van der Waals surface area contributed by atoms with Crippen LogP contribution in [0.3, 0.4) is 0 Å². The Balaban J connectivity index is 0.678. The normalized spacial score (nSPS) is 60.6. The Kier molecular flexibility index (Phi) is 12.6. The van der Waals surface area contributed by atoms with Crippen molar-refractivity contribution in [3.8, 4) is 0 Å². The van der Waals surface area contributed by atoms with E-state index in [1.54, 1.807) is 0 Å². The Bertz CT molecular complexity index is 2340. The van der Waals surface area contributed by atoms with Gasteiger partial charge in [-0.25, -0.2) is 0 Å². The molecule has 19 nitrogen and oxygen atoms in total. The van der Waals surface area contributed by atoms with Crippen molar-refractivity contribution in [1.82, 2.24) is 0 Å². The van der Waals surface area contributed by atoms with Gasteiger partial charge in [-0.05, 0) is 80.8 Å². The summed E-state index contributed by atoms with van der Waals surface area (Å²) < 4.78 is 102. The zero-order chi connectivity index (χ0) is 52.8. The van der Waals surface area contributed by atoms with E-state index in [0.717, 1.165) is 30.4 Å². The van der Waals surface area contributed by atoms with Gasteiger partial charge in [-0.1, -0.05) is 40.9 Å². The smallest absolute Gasteiger partial charge is 0.308 e. The van der Waals surface area contributed by atoms with E-state index in [-0.39, 0.29) is 110 Å². The number of aliphatic hydroxyl groups is 3. The second-order valence-electron chi connectivity index (χ2n) is 26.9. The van der Waals surface area contributed by atoms with Crippen LogP contribution in [0, 0.1) is 23.7 Å². The molecule has 16 aliphatic heterocycles. The summed E-state index contributed by atoms with van der Waals surface area (Å²) in [6.45, 7) is 19.7. The van der Waals surface area contributed by atoms with Crippen molar-refractivity contribution in [2.45, 2.75) is 307 Å². The number of aliphatic hydroxyl groups excluding tert-OH is 2. The van der Waals surface area contributed by atoms with Crippen LogP contribution in [0.2, 0.25) is 0 Å². The average Bonchev–Trinajstić information content (AvgIpc) is 4.22. The second kappa shape index (κ2) is 18.6. The van der Waals surface area contributed by atoms with Crippen molar-refractivity contribution in [3.05, 3.63) is 24.3 Å². The SMILES string of the molecule is C=C1C2C[C@@H]3O[C@H]4C[C@H]5O[C@@]6(C[C@@H]7O[C@]8(C[C@H](C)C9O[C@H](C)[C@H](O)C[C@@H]9O8)C[C@H](C)[C@@H]7O6)C[C@H]5O[C@H]4[C@H](C)[C@H]3OC(=O)C[C@H]3CC[C@@H]4OC5C6O[C@]7(O)[C@H]5O[C@@](CC[C@H]5CC(=C)[C@H](CC[C@@H](C[C@H]1C)O2)O5)(O[C@H]6[C@H]4O3)[C@@H]7O.